The van der Waals surface area contributed by atoms with E-state index in [0.717, 1.165) is 16.7 Å². The lowest BCUT2D eigenvalue weighted by molar-refractivity contribution is -0.392. The van der Waals surface area contributed by atoms with Crippen molar-refractivity contribution in [1.82, 2.24) is 0 Å². The fraction of sp³-hybridized carbons (Fsp3) is 0.400. The van der Waals surface area contributed by atoms with Gasteiger partial charge in [0.25, 0.3) is 0 Å². The molecule has 0 radical (unpaired) electrons. The highest BCUT2D eigenvalue weighted by Gasteiger charge is 2.53. The number of fused-ring (bicyclic) bond motifs is 1. The molecule has 0 saturated carbocycles. The second-order valence-electron chi connectivity index (χ2n) is 9.66. The lowest BCUT2D eigenvalue weighted by atomic mass is 9.96. The summed E-state index contributed by atoms with van der Waals surface area (Å²) in [4.78, 5) is 0. The van der Waals surface area contributed by atoms with E-state index in [2.05, 4.69) is 12.1 Å². The summed E-state index contributed by atoms with van der Waals surface area (Å²) in [5, 5.41) is 0. The van der Waals surface area contributed by atoms with Gasteiger partial charge in [0.05, 0.1) is 26.4 Å². The molecule has 6 heteroatoms. The zero-order chi connectivity index (χ0) is 24.8. The third kappa shape index (κ3) is 6.40. The highest BCUT2D eigenvalue weighted by atomic mass is 16.8. The third-order valence-electron chi connectivity index (χ3n) is 6.43. The van der Waals surface area contributed by atoms with E-state index in [4.69, 9.17) is 28.4 Å². The van der Waals surface area contributed by atoms with Gasteiger partial charge in [-0.2, -0.15) is 0 Å². The molecule has 5 atom stereocenters. The Hall–Kier alpha value is -2.58. The molecule has 0 bridgehead atoms. The maximum Gasteiger partial charge on any atom is 0.187 e. The summed E-state index contributed by atoms with van der Waals surface area (Å²) in [7, 11) is 0. The van der Waals surface area contributed by atoms with Crippen LogP contribution < -0.4 is 0 Å². The summed E-state index contributed by atoms with van der Waals surface area (Å²) < 4.78 is 38.1. The van der Waals surface area contributed by atoms with Gasteiger partial charge in [0.1, 0.15) is 24.4 Å². The lowest BCUT2D eigenvalue weighted by Gasteiger charge is -2.50. The second-order valence-corrected chi connectivity index (χ2v) is 9.66. The molecule has 2 fully saturated rings. The van der Waals surface area contributed by atoms with Crippen LogP contribution in [0.3, 0.4) is 0 Å². The van der Waals surface area contributed by atoms with E-state index in [1.165, 1.54) is 0 Å². The molecule has 190 valence electrons. The molecule has 0 spiro atoms. The molecule has 0 aromatic heterocycles. The molecule has 0 N–H and O–H groups in total. The van der Waals surface area contributed by atoms with Gasteiger partial charge in [-0.1, -0.05) is 91.0 Å². The summed E-state index contributed by atoms with van der Waals surface area (Å²) in [6, 6.07) is 30.2. The number of hydrogen-bond acceptors (Lipinski definition) is 6. The van der Waals surface area contributed by atoms with Crippen molar-refractivity contribution in [2.24, 2.45) is 0 Å². The Labute approximate surface area is 213 Å². The smallest absolute Gasteiger partial charge is 0.187 e. The second kappa shape index (κ2) is 11.6. The first-order valence-electron chi connectivity index (χ1n) is 12.5. The van der Waals surface area contributed by atoms with Crippen molar-refractivity contribution in [2.45, 2.75) is 70.2 Å². The molecule has 5 rings (SSSR count). The van der Waals surface area contributed by atoms with Crippen molar-refractivity contribution in [3.63, 3.8) is 0 Å². The molecule has 0 aliphatic carbocycles. The Bertz CT molecular complexity index is 1060. The molecule has 6 nitrogen and oxygen atoms in total. The first-order valence-corrected chi connectivity index (χ1v) is 12.5. The third-order valence-corrected chi connectivity index (χ3v) is 6.43. The molecule has 3 aromatic rings. The average molecular weight is 491 g/mol. The number of hydrogen-bond donors (Lipinski definition) is 0. The van der Waals surface area contributed by atoms with Crippen LogP contribution in [0.25, 0.3) is 0 Å². The minimum atomic E-state index is -0.749. The maximum atomic E-state index is 6.55. The van der Waals surface area contributed by atoms with Gasteiger partial charge in [-0.3, -0.25) is 0 Å². The fourth-order valence-corrected chi connectivity index (χ4v) is 4.59. The van der Waals surface area contributed by atoms with Crippen molar-refractivity contribution >= 4 is 0 Å². The van der Waals surface area contributed by atoms with Gasteiger partial charge < -0.3 is 28.4 Å². The Morgan fingerprint density at radius 3 is 1.67 bits per heavy atom. The fourth-order valence-electron chi connectivity index (χ4n) is 4.59. The molecule has 2 aliphatic rings. The van der Waals surface area contributed by atoms with Gasteiger partial charge >= 0.3 is 0 Å². The van der Waals surface area contributed by atoms with Gasteiger partial charge in [-0.15, -0.1) is 0 Å². The van der Waals surface area contributed by atoms with Crippen LogP contribution in [0.1, 0.15) is 30.5 Å². The average Bonchev–Trinajstić information content (AvgIpc) is 2.91. The highest BCUT2D eigenvalue weighted by Crippen LogP contribution is 2.36. The predicted octanol–water partition coefficient (Wildman–Crippen LogP) is 5.25. The number of benzene rings is 3. The molecular weight excluding hydrogens is 456 g/mol. The standard InChI is InChI=1S/C30H34O6/c1-30(2)34-21-25-26(36-30)27(31-18-22-12-6-3-7-13-22)28(32-19-23-14-8-4-9-15-23)29(35-25)33-20-24-16-10-5-11-17-24/h3-17,25-29H,18-21H2,1-2H3/t25-,26-,27+,28-,29?/m1/s1. The zero-order valence-electron chi connectivity index (χ0n) is 20.8. The van der Waals surface area contributed by atoms with E-state index in [0.29, 0.717) is 26.4 Å². The highest BCUT2D eigenvalue weighted by molar-refractivity contribution is 5.15. The predicted molar refractivity (Wildman–Crippen MR) is 135 cm³/mol. The van der Waals surface area contributed by atoms with Gasteiger partial charge in [0.15, 0.2) is 12.1 Å². The summed E-state index contributed by atoms with van der Waals surface area (Å²) in [6.07, 6.45) is -2.28. The zero-order valence-corrected chi connectivity index (χ0v) is 20.8. The lowest BCUT2D eigenvalue weighted by Crippen LogP contribution is -2.65. The largest absolute Gasteiger partial charge is 0.368 e. The van der Waals surface area contributed by atoms with E-state index in [-0.39, 0.29) is 12.2 Å². The van der Waals surface area contributed by atoms with Gasteiger partial charge in [0, 0.05) is 0 Å². The molecule has 2 saturated heterocycles. The SMILES string of the molecule is CC1(C)OC[C@H]2OC(OCc3ccccc3)[C@H](OCc3ccccc3)[C@@H](OCc3ccccc3)[C@@H]2O1. The molecule has 2 heterocycles. The molecule has 3 aromatic carbocycles. The molecule has 2 aliphatic heterocycles. The molecular formula is C30H34O6. The first-order chi connectivity index (χ1) is 17.6. The van der Waals surface area contributed by atoms with Crippen LogP contribution in [0.15, 0.2) is 91.0 Å². The number of rotatable bonds is 9. The van der Waals surface area contributed by atoms with Crippen molar-refractivity contribution < 1.29 is 28.4 Å². The van der Waals surface area contributed by atoms with Gasteiger partial charge in [-0.25, -0.2) is 0 Å². The van der Waals surface area contributed by atoms with Crippen LogP contribution in [0.2, 0.25) is 0 Å². The minimum absolute atomic E-state index is 0.337. The van der Waals surface area contributed by atoms with Crippen LogP contribution >= 0.6 is 0 Å². The first kappa shape index (κ1) is 25.1. The molecule has 36 heavy (non-hydrogen) atoms. The monoisotopic (exact) mass is 490 g/mol. The Morgan fingerprint density at radius 1 is 0.667 bits per heavy atom. The van der Waals surface area contributed by atoms with Crippen molar-refractivity contribution in [3.8, 4) is 0 Å². The van der Waals surface area contributed by atoms with Crippen molar-refractivity contribution in [2.75, 3.05) is 6.61 Å². The van der Waals surface area contributed by atoms with E-state index < -0.39 is 24.3 Å². The van der Waals surface area contributed by atoms with E-state index in [1.54, 1.807) is 0 Å². The Balaban J connectivity index is 1.40. The maximum absolute atomic E-state index is 6.55. The van der Waals surface area contributed by atoms with Crippen molar-refractivity contribution in [1.29, 1.82) is 0 Å². The van der Waals surface area contributed by atoms with Crippen LogP contribution in [0.5, 0.6) is 0 Å². The van der Waals surface area contributed by atoms with Crippen LogP contribution in [0, 0.1) is 0 Å². The minimum Gasteiger partial charge on any atom is -0.368 e. The normalized spacial score (nSPS) is 27.3. The molecule has 0 amide bonds. The van der Waals surface area contributed by atoms with Gasteiger partial charge in [0.2, 0.25) is 0 Å². The van der Waals surface area contributed by atoms with E-state index in [1.807, 2.05) is 92.7 Å². The Morgan fingerprint density at radius 2 is 1.14 bits per heavy atom. The summed E-state index contributed by atoms with van der Waals surface area (Å²) in [5.74, 6) is -0.749. The van der Waals surface area contributed by atoms with E-state index in [9.17, 15) is 0 Å². The summed E-state index contributed by atoms with van der Waals surface area (Å²) in [6.45, 7) is 5.44. The Kier molecular flexibility index (Phi) is 8.12. The molecule has 1 unspecified atom stereocenters. The van der Waals surface area contributed by atoms with Crippen LogP contribution in [0.4, 0.5) is 0 Å². The number of ether oxygens (including phenoxy) is 6. The van der Waals surface area contributed by atoms with Crippen LogP contribution in [-0.4, -0.2) is 43.1 Å². The van der Waals surface area contributed by atoms with Crippen LogP contribution in [-0.2, 0) is 48.2 Å². The van der Waals surface area contributed by atoms with Crippen molar-refractivity contribution in [3.05, 3.63) is 108 Å². The summed E-state index contributed by atoms with van der Waals surface area (Å²) >= 11 is 0. The van der Waals surface area contributed by atoms with E-state index >= 15 is 0 Å². The van der Waals surface area contributed by atoms with Gasteiger partial charge in [-0.05, 0) is 30.5 Å². The topological polar surface area (TPSA) is 55.4 Å². The summed E-state index contributed by atoms with van der Waals surface area (Å²) in [5.41, 5.74) is 3.20. The quantitative estimate of drug-likeness (QED) is 0.408.